The average molecular weight is 368 g/mol. The predicted octanol–water partition coefficient (Wildman–Crippen LogP) is 4.05. The number of benzene rings is 2. The molecule has 0 atom stereocenters. The van der Waals surface area contributed by atoms with Crippen molar-refractivity contribution in [2.45, 2.75) is 33.3 Å². The van der Waals surface area contributed by atoms with E-state index in [2.05, 4.69) is 10.5 Å². The molecular formula is C20H20N2O5. The van der Waals surface area contributed by atoms with Crippen molar-refractivity contribution in [3.63, 3.8) is 0 Å². The second-order valence-corrected chi connectivity index (χ2v) is 7.22. The number of aryl methyl sites for hydroxylation is 1. The second kappa shape index (κ2) is 6.75. The molecule has 140 valence electrons. The van der Waals surface area contributed by atoms with E-state index in [0.29, 0.717) is 11.1 Å². The van der Waals surface area contributed by atoms with E-state index in [9.17, 15) is 14.7 Å². The number of carbonyl (C=O) groups is 2. The molecule has 2 N–H and O–H groups in total. The summed E-state index contributed by atoms with van der Waals surface area (Å²) in [5, 5.41) is 16.4. The molecule has 7 nitrogen and oxygen atoms in total. The van der Waals surface area contributed by atoms with E-state index in [-0.39, 0.29) is 22.6 Å². The number of esters is 1. The number of anilines is 1. The Morgan fingerprint density at radius 2 is 1.89 bits per heavy atom. The molecule has 1 heterocycles. The molecule has 3 rings (SSSR count). The zero-order valence-electron chi connectivity index (χ0n) is 15.5. The van der Waals surface area contributed by atoms with Crippen LogP contribution < -0.4 is 5.32 Å². The number of fused-ring (bicyclic) bond motifs is 1. The number of amides is 1. The number of rotatable bonds is 3. The normalized spacial score (nSPS) is 11.4. The molecule has 27 heavy (non-hydrogen) atoms. The van der Waals surface area contributed by atoms with Crippen LogP contribution in [0.5, 0.6) is 5.75 Å². The van der Waals surface area contributed by atoms with Crippen molar-refractivity contribution in [1.29, 1.82) is 0 Å². The summed E-state index contributed by atoms with van der Waals surface area (Å²) in [7, 11) is 0. The number of phenolic OH excluding ortho intramolecular Hbond substituents is 1. The summed E-state index contributed by atoms with van der Waals surface area (Å²) in [6.07, 6.45) is 0. The van der Waals surface area contributed by atoms with Crippen LogP contribution in [-0.4, -0.2) is 27.7 Å². The Hall–Kier alpha value is -3.35. The minimum atomic E-state index is -0.660. The third kappa shape index (κ3) is 4.08. The Morgan fingerprint density at radius 1 is 1.15 bits per heavy atom. The molecule has 0 fully saturated rings. The van der Waals surface area contributed by atoms with Gasteiger partial charge < -0.3 is 19.7 Å². The molecule has 0 aliphatic carbocycles. The number of ether oxygens (including phenoxy) is 1. The van der Waals surface area contributed by atoms with Crippen LogP contribution in [0.1, 0.15) is 47.2 Å². The second-order valence-electron chi connectivity index (χ2n) is 7.22. The van der Waals surface area contributed by atoms with Gasteiger partial charge in [-0.2, -0.15) is 0 Å². The van der Waals surface area contributed by atoms with Crippen molar-refractivity contribution >= 4 is 28.5 Å². The molecule has 0 saturated heterocycles. The van der Waals surface area contributed by atoms with E-state index in [1.54, 1.807) is 45.0 Å². The third-order valence-corrected chi connectivity index (χ3v) is 3.71. The Kier molecular flexibility index (Phi) is 4.61. The van der Waals surface area contributed by atoms with Gasteiger partial charge >= 0.3 is 5.97 Å². The lowest BCUT2D eigenvalue weighted by molar-refractivity contribution is 0.00706. The quantitative estimate of drug-likeness (QED) is 0.676. The number of nitrogens with zero attached hydrogens (tertiary/aromatic N) is 1. The number of aromatic hydroxyl groups is 1. The van der Waals surface area contributed by atoms with Crippen LogP contribution in [0.15, 0.2) is 40.9 Å². The van der Waals surface area contributed by atoms with Crippen molar-refractivity contribution in [3.8, 4) is 5.75 Å². The summed E-state index contributed by atoms with van der Waals surface area (Å²) in [5.41, 5.74) is 1.11. The highest BCUT2D eigenvalue weighted by molar-refractivity contribution is 6.12. The molecular weight excluding hydrogens is 348 g/mol. The van der Waals surface area contributed by atoms with Crippen molar-refractivity contribution in [3.05, 3.63) is 53.2 Å². The number of hydrogen-bond donors (Lipinski definition) is 2. The van der Waals surface area contributed by atoms with Crippen LogP contribution in [0.3, 0.4) is 0 Å². The fourth-order valence-corrected chi connectivity index (χ4v) is 2.54. The van der Waals surface area contributed by atoms with Crippen LogP contribution in [0.2, 0.25) is 0 Å². The highest BCUT2D eigenvalue weighted by Crippen LogP contribution is 2.25. The van der Waals surface area contributed by atoms with Gasteiger partial charge in [0.05, 0.1) is 16.6 Å². The Labute approximate surface area is 155 Å². The Morgan fingerprint density at radius 3 is 2.59 bits per heavy atom. The number of carbonyl (C=O) groups excluding carboxylic acids is 2. The first-order valence-electron chi connectivity index (χ1n) is 8.38. The van der Waals surface area contributed by atoms with Gasteiger partial charge in [-0.05, 0) is 52.0 Å². The number of nitrogens with one attached hydrogen (secondary N) is 1. The number of hydrogen-bond acceptors (Lipinski definition) is 6. The molecule has 0 saturated carbocycles. The zero-order valence-corrected chi connectivity index (χ0v) is 15.5. The van der Waals surface area contributed by atoms with Gasteiger partial charge in [-0.25, -0.2) is 4.79 Å². The van der Waals surface area contributed by atoms with Gasteiger partial charge in [0.15, 0.2) is 11.3 Å². The van der Waals surface area contributed by atoms with Crippen LogP contribution in [0, 0.1) is 6.92 Å². The summed E-state index contributed by atoms with van der Waals surface area (Å²) in [5.74, 6) is -1.05. The lowest BCUT2D eigenvalue weighted by Crippen LogP contribution is -2.25. The summed E-state index contributed by atoms with van der Waals surface area (Å²) < 4.78 is 10.5. The van der Waals surface area contributed by atoms with Crippen LogP contribution in [-0.2, 0) is 4.74 Å². The average Bonchev–Trinajstić information content (AvgIpc) is 2.97. The molecule has 0 aliphatic rings. The van der Waals surface area contributed by atoms with E-state index >= 15 is 0 Å². The molecule has 2 aromatic carbocycles. The maximum absolute atomic E-state index is 12.7. The number of phenols is 1. The van der Waals surface area contributed by atoms with E-state index in [1.165, 1.54) is 12.1 Å². The summed E-state index contributed by atoms with van der Waals surface area (Å²) in [4.78, 5) is 25.2. The highest BCUT2D eigenvalue weighted by Gasteiger charge is 2.23. The highest BCUT2D eigenvalue weighted by atomic mass is 16.6. The van der Waals surface area contributed by atoms with Crippen molar-refractivity contribution < 1.29 is 24.0 Å². The van der Waals surface area contributed by atoms with Crippen molar-refractivity contribution in [2.75, 3.05) is 5.32 Å². The maximum Gasteiger partial charge on any atom is 0.340 e. The standard InChI is InChI=1S/C20H20N2O5/c1-11-5-8-15(14(9-11)19(25)26-20(2,3)4)21-18(24)17-13-7-6-12(23)10-16(13)27-22-17/h5-10,23H,1-4H3,(H,21,24). The van der Waals surface area contributed by atoms with E-state index in [1.807, 2.05) is 6.92 Å². The summed E-state index contributed by atoms with van der Waals surface area (Å²) in [6.45, 7) is 7.17. The fourth-order valence-electron chi connectivity index (χ4n) is 2.54. The first-order chi connectivity index (χ1) is 12.6. The molecule has 1 aromatic heterocycles. The molecule has 1 amide bonds. The monoisotopic (exact) mass is 368 g/mol. The topological polar surface area (TPSA) is 102 Å². The van der Waals surface area contributed by atoms with Gasteiger partial charge in [0.25, 0.3) is 5.91 Å². The van der Waals surface area contributed by atoms with E-state index < -0.39 is 17.5 Å². The van der Waals surface area contributed by atoms with Gasteiger partial charge in [-0.1, -0.05) is 16.8 Å². The summed E-state index contributed by atoms with van der Waals surface area (Å²) in [6, 6.07) is 9.43. The SMILES string of the molecule is Cc1ccc(NC(=O)c2noc3cc(O)ccc23)c(C(=O)OC(C)(C)C)c1. The number of aromatic nitrogens is 1. The minimum Gasteiger partial charge on any atom is -0.508 e. The third-order valence-electron chi connectivity index (χ3n) is 3.71. The largest absolute Gasteiger partial charge is 0.508 e. The van der Waals surface area contributed by atoms with Gasteiger partial charge in [0.1, 0.15) is 11.4 Å². The van der Waals surface area contributed by atoms with Gasteiger partial charge in [-0.15, -0.1) is 0 Å². The molecule has 7 heteroatoms. The smallest absolute Gasteiger partial charge is 0.340 e. The molecule has 0 spiro atoms. The van der Waals surface area contributed by atoms with Gasteiger partial charge in [0, 0.05) is 6.07 Å². The summed E-state index contributed by atoms with van der Waals surface area (Å²) >= 11 is 0. The molecule has 3 aromatic rings. The van der Waals surface area contributed by atoms with Crippen molar-refractivity contribution in [1.82, 2.24) is 5.16 Å². The lowest BCUT2D eigenvalue weighted by atomic mass is 10.1. The Balaban J connectivity index is 1.92. The van der Waals surface area contributed by atoms with Crippen molar-refractivity contribution in [2.24, 2.45) is 0 Å². The van der Waals surface area contributed by atoms with E-state index in [4.69, 9.17) is 9.26 Å². The molecule has 0 aliphatic heterocycles. The van der Waals surface area contributed by atoms with Gasteiger partial charge in [-0.3, -0.25) is 4.79 Å². The first-order valence-corrected chi connectivity index (χ1v) is 8.38. The molecule has 0 bridgehead atoms. The lowest BCUT2D eigenvalue weighted by Gasteiger charge is -2.20. The fraction of sp³-hybridized carbons (Fsp3) is 0.250. The Bertz CT molecular complexity index is 1030. The predicted molar refractivity (Wildman–Crippen MR) is 100.0 cm³/mol. The molecule has 0 unspecified atom stereocenters. The zero-order chi connectivity index (χ0) is 19.8. The minimum absolute atomic E-state index is 0.0105. The van der Waals surface area contributed by atoms with Crippen LogP contribution >= 0.6 is 0 Å². The van der Waals surface area contributed by atoms with Crippen LogP contribution in [0.25, 0.3) is 11.0 Å². The maximum atomic E-state index is 12.7. The van der Waals surface area contributed by atoms with Crippen LogP contribution in [0.4, 0.5) is 5.69 Å². The van der Waals surface area contributed by atoms with E-state index in [0.717, 1.165) is 5.56 Å². The van der Waals surface area contributed by atoms with Gasteiger partial charge in [0.2, 0.25) is 0 Å². The first kappa shape index (κ1) is 18.4. The molecule has 0 radical (unpaired) electrons.